The van der Waals surface area contributed by atoms with Crippen molar-refractivity contribution in [2.24, 2.45) is 0 Å². The molecule has 0 saturated carbocycles. The van der Waals surface area contributed by atoms with Crippen LogP contribution in [0.4, 0.5) is 5.69 Å². The van der Waals surface area contributed by atoms with Crippen molar-refractivity contribution in [1.82, 2.24) is 14.6 Å². The van der Waals surface area contributed by atoms with Crippen LogP contribution in [-0.2, 0) is 4.74 Å². The van der Waals surface area contributed by atoms with E-state index in [0.717, 1.165) is 10.6 Å². The first kappa shape index (κ1) is 16.9. The van der Waals surface area contributed by atoms with E-state index in [0.29, 0.717) is 22.5 Å². The summed E-state index contributed by atoms with van der Waals surface area (Å²) >= 11 is 1.59. The van der Waals surface area contributed by atoms with Crippen molar-refractivity contribution in [1.29, 1.82) is 0 Å². The third-order valence-corrected chi connectivity index (χ3v) is 4.88. The van der Waals surface area contributed by atoms with Gasteiger partial charge in [0.1, 0.15) is 5.56 Å². The van der Waals surface area contributed by atoms with E-state index in [1.165, 1.54) is 13.3 Å². The Kier molecular flexibility index (Phi) is 4.39. The number of fused-ring (bicyclic) bond motifs is 1. The van der Waals surface area contributed by atoms with Crippen molar-refractivity contribution >= 4 is 34.5 Å². The van der Waals surface area contributed by atoms with Gasteiger partial charge in [-0.2, -0.15) is 5.10 Å². The van der Waals surface area contributed by atoms with Crippen LogP contribution in [0.1, 0.15) is 20.7 Å². The number of nitrogens with one attached hydrogen (secondary N) is 1. The van der Waals surface area contributed by atoms with Crippen LogP contribution in [-0.4, -0.2) is 33.6 Å². The molecule has 3 aromatic heterocycles. The highest BCUT2D eigenvalue weighted by molar-refractivity contribution is 7.13. The second-order valence-corrected chi connectivity index (χ2v) is 6.57. The number of nitrogens with zero attached hydrogens (tertiary/aromatic N) is 3. The average Bonchev–Trinajstić information content (AvgIpc) is 3.37. The van der Waals surface area contributed by atoms with Gasteiger partial charge in [0, 0.05) is 11.9 Å². The highest BCUT2D eigenvalue weighted by atomic mass is 32.1. The molecule has 3 heterocycles. The first-order valence-corrected chi connectivity index (χ1v) is 8.91. The summed E-state index contributed by atoms with van der Waals surface area (Å²) in [7, 11) is 1.32. The zero-order chi connectivity index (χ0) is 18.8. The van der Waals surface area contributed by atoms with Crippen molar-refractivity contribution < 1.29 is 14.3 Å². The number of hydrogen-bond donors (Lipinski definition) is 1. The van der Waals surface area contributed by atoms with Gasteiger partial charge in [-0.25, -0.2) is 14.3 Å². The lowest BCUT2D eigenvalue weighted by Crippen LogP contribution is -2.12. The monoisotopic (exact) mass is 378 g/mol. The SMILES string of the molecule is COC(=O)c1ccc(NC(=O)c2cnn3c(-c4cccs4)ccnc23)cc1. The lowest BCUT2D eigenvalue weighted by Gasteiger charge is -2.06. The largest absolute Gasteiger partial charge is 0.465 e. The molecule has 4 aromatic rings. The van der Waals surface area contributed by atoms with E-state index < -0.39 is 5.97 Å². The van der Waals surface area contributed by atoms with E-state index in [2.05, 4.69) is 20.1 Å². The summed E-state index contributed by atoms with van der Waals surface area (Å²) in [5, 5.41) is 9.10. The van der Waals surface area contributed by atoms with Gasteiger partial charge >= 0.3 is 5.97 Å². The summed E-state index contributed by atoms with van der Waals surface area (Å²) < 4.78 is 6.32. The maximum absolute atomic E-state index is 12.7. The molecule has 1 N–H and O–H groups in total. The third kappa shape index (κ3) is 3.18. The number of thiophene rings is 1. The van der Waals surface area contributed by atoms with Crippen molar-refractivity contribution in [3.8, 4) is 10.6 Å². The van der Waals surface area contributed by atoms with Gasteiger partial charge in [0.25, 0.3) is 5.91 Å². The lowest BCUT2D eigenvalue weighted by atomic mass is 10.2. The molecule has 8 heteroatoms. The van der Waals surface area contributed by atoms with E-state index in [1.807, 2.05) is 23.6 Å². The van der Waals surface area contributed by atoms with Crippen LogP contribution in [0, 0.1) is 0 Å². The van der Waals surface area contributed by atoms with Crippen molar-refractivity contribution in [3.05, 3.63) is 71.4 Å². The highest BCUT2D eigenvalue weighted by Gasteiger charge is 2.17. The van der Waals surface area contributed by atoms with Gasteiger partial charge in [0.2, 0.25) is 0 Å². The molecule has 0 aliphatic rings. The van der Waals surface area contributed by atoms with Gasteiger partial charge in [-0.1, -0.05) is 6.07 Å². The number of benzene rings is 1. The summed E-state index contributed by atoms with van der Waals surface area (Å²) in [6.45, 7) is 0. The molecule has 0 radical (unpaired) electrons. The number of methoxy groups -OCH3 is 1. The second-order valence-electron chi connectivity index (χ2n) is 5.62. The lowest BCUT2D eigenvalue weighted by molar-refractivity contribution is 0.0600. The predicted molar refractivity (Wildman–Crippen MR) is 102 cm³/mol. The number of carbonyl (C=O) groups is 2. The first-order valence-electron chi connectivity index (χ1n) is 8.04. The van der Waals surface area contributed by atoms with Gasteiger partial charge in [-0.05, 0) is 41.8 Å². The van der Waals surface area contributed by atoms with Crippen molar-refractivity contribution in [3.63, 3.8) is 0 Å². The van der Waals surface area contributed by atoms with E-state index in [1.54, 1.807) is 46.3 Å². The first-order chi connectivity index (χ1) is 13.2. The quantitative estimate of drug-likeness (QED) is 0.550. The fourth-order valence-corrected chi connectivity index (χ4v) is 3.40. The second kappa shape index (κ2) is 7.00. The van der Waals surface area contributed by atoms with Crippen LogP contribution in [0.15, 0.2) is 60.2 Å². The van der Waals surface area contributed by atoms with E-state index in [9.17, 15) is 9.59 Å². The van der Waals surface area contributed by atoms with Crippen molar-refractivity contribution in [2.45, 2.75) is 0 Å². The number of hydrogen-bond acceptors (Lipinski definition) is 6. The Labute approximate surface area is 158 Å². The molecule has 0 bridgehead atoms. The number of rotatable bonds is 4. The molecule has 0 atom stereocenters. The average molecular weight is 378 g/mol. The molecule has 0 aliphatic heterocycles. The van der Waals surface area contributed by atoms with Gasteiger partial charge < -0.3 is 10.1 Å². The molecular weight excluding hydrogens is 364 g/mol. The standard InChI is InChI=1S/C19H14N4O3S/c1-26-19(25)12-4-6-13(7-5-12)22-18(24)14-11-21-23-15(8-9-20-17(14)23)16-3-2-10-27-16/h2-11H,1H3,(H,22,24). The van der Waals surface area contributed by atoms with Crippen LogP contribution in [0.2, 0.25) is 0 Å². The number of esters is 1. The van der Waals surface area contributed by atoms with Gasteiger partial charge in [-0.3, -0.25) is 4.79 Å². The van der Waals surface area contributed by atoms with Crippen LogP contribution in [0.25, 0.3) is 16.2 Å². The van der Waals surface area contributed by atoms with E-state index in [4.69, 9.17) is 0 Å². The minimum absolute atomic E-state index is 0.327. The number of anilines is 1. The van der Waals surface area contributed by atoms with E-state index in [-0.39, 0.29) is 5.91 Å². The zero-order valence-corrected chi connectivity index (χ0v) is 15.1. The van der Waals surface area contributed by atoms with Gasteiger partial charge in [0.05, 0.1) is 29.4 Å². The molecule has 0 spiro atoms. The summed E-state index contributed by atoms with van der Waals surface area (Å²) in [5.74, 6) is -0.757. The topological polar surface area (TPSA) is 85.6 Å². The number of amides is 1. The van der Waals surface area contributed by atoms with Crippen LogP contribution >= 0.6 is 11.3 Å². The van der Waals surface area contributed by atoms with Gasteiger partial charge in [-0.15, -0.1) is 11.3 Å². The molecule has 27 heavy (non-hydrogen) atoms. The van der Waals surface area contributed by atoms with E-state index >= 15 is 0 Å². The molecular formula is C19H14N4O3S. The summed E-state index contributed by atoms with van der Waals surface area (Å²) in [6, 6.07) is 12.3. The maximum Gasteiger partial charge on any atom is 0.337 e. The van der Waals surface area contributed by atoms with Crippen LogP contribution in [0.3, 0.4) is 0 Å². The smallest absolute Gasteiger partial charge is 0.337 e. The molecule has 0 saturated heterocycles. The molecule has 0 aliphatic carbocycles. The molecule has 0 fully saturated rings. The fourth-order valence-electron chi connectivity index (χ4n) is 2.67. The Morgan fingerprint density at radius 1 is 1.15 bits per heavy atom. The highest BCUT2D eigenvalue weighted by Crippen LogP contribution is 2.25. The Morgan fingerprint density at radius 3 is 2.67 bits per heavy atom. The summed E-state index contributed by atoms with van der Waals surface area (Å²) in [4.78, 5) is 29.5. The number of carbonyl (C=O) groups excluding carboxylic acids is 2. The number of aromatic nitrogens is 3. The Hall–Kier alpha value is -3.52. The summed E-state index contributed by atoms with van der Waals surface area (Å²) in [5.41, 5.74) is 2.68. The molecule has 1 aromatic carbocycles. The fraction of sp³-hybridized carbons (Fsp3) is 0.0526. The minimum atomic E-state index is -0.430. The molecule has 7 nitrogen and oxygen atoms in total. The Balaban J connectivity index is 1.62. The molecule has 134 valence electrons. The number of ether oxygens (including phenoxy) is 1. The van der Waals surface area contributed by atoms with Crippen LogP contribution in [0.5, 0.6) is 0 Å². The normalized spacial score (nSPS) is 10.7. The zero-order valence-electron chi connectivity index (χ0n) is 14.2. The predicted octanol–water partition coefficient (Wildman–Crippen LogP) is 3.50. The van der Waals surface area contributed by atoms with Crippen LogP contribution < -0.4 is 5.32 Å². The minimum Gasteiger partial charge on any atom is -0.465 e. The molecule has 0 unspecified atom stereocenters. The maximum atomic E-state index is 12.7. The summed E-state index contributed by atoms with van der Waals surface area (Å²) in [6.07, 6.45) is 3.16. The van der Waals surface area contributed by atoms with Gasteiger partial charge in [0.15, 0.2) is 5.65 Å². The third-order valence-electron chi connectivity index (χ3n) is 3.98. The van der Waals surface area contributed by atoms with Crippen molar-refractivity contribution in [2.75, 3.05) is 12.4 Å². The molecule has 4 rings (SSSR count). The Morgan fingerprint density at radius 2 is 1.96 bits per heavy atom. The Bertz CT molecular complexity index is 1120. The molecule has 1 amide bonds.